The molecular weight excluding hydrogens is 428 g/mol. The number of halogens is 2. The number of aromatic nitrogens is 3. The number of rotatable bonds is 5. The zero-order valence-electron chi connectivity index (χ0n) is 18.5. The molecule has 2 heterocycles. The van der Waals surface area contributed by atoms with Gasteiger partial charge in [-0.25, -0.2) is 13.8 Å². The van der Waals surface area contributed by atoms with Gasteiger partial charge in [0.05, 0.1) is 17.1 Å². The minimum atomic E-state index is -0.535. The fraction of sp³-hybridized carbons (Fsp3) is 0.208. The highest BCUT2D eigenvalue weighted by Crippen LogP contribution is 2.27. The van der Waals surface area contributed by atoms with Crippen molar-refractivity contribution in [3.63, 3.8) is 0 Å². The summed E-state index contributed by atoms with van der Waals surface area (Å²) in [6.07, 6.45) is 11.1. The van der Waals surface area contributed by atoms with E-state index in [4.69, 9.17) is 4.74 Å². The van der Waals surface area contributed by atoms with Crippen molar-refractivity contribution < 1.29 is 18.3 Å². The average Bonchev–Trinajstić information content (AvgIpc) is 2.90. The number of nitrogens with zero attached hydrogens (tertiary/aromatic N) is 4. The van der Waals surface area contributed by atoms with E-state index in [1.807, 2.05) is 12.2 Å². The molecule has 0 saturated heterocycles. The second kappa shape index (κ2) is 9.23. The fourth-order valence-electron chi connectivity index (χ4n) is 3.39. The lowest BCUT2D eigenvalue weighted by Crippen LogP contribution is -2.22. The summed E-state index contributed by atoms with van der Waals surface area (Å²) >= 11 is 0. The molecule has 2 aliphatic rings. The summed E-state index contributed by atoms with van der Waals surface area (Å²) in [6, 6.07) is 3.27. The summed E-state index contributed by atoms with van der Waals surface area (Å²) < 4.78 is 35.7. The molecule has 2 aliphatic carbocycles. The molecule has 2 aromatic heterocycles. The van der Waals surface area contributed by atoms with Crippen LogP contribution in [0.5, 0.6) is 5.75 Å². The van der Waals surface area contributed by atoms with E-state index in [2.05, 4.69) is 15.3 Å². The van der Waals surface area contributed by atoms with Crippen molar-refractivity contribution in [2.45, 2.75) is 12.8 Å². The monoisotopic (exact) mass is 451 g/mol. The molecule has 1 N–H and O–H groups in total. The van der Waals surface area contributed by atoms with Crippen molar-refractivity contribution >= 4 is 17.9 Å². The van der Waals surface area contributed by atoms with Crippen LogP contribution in [0.3, 0.4) is 0 Å². The number of fused-ring (bicyclic) bond motifs is 1. The molecule has 1 amide bonds. The second-order valence-corrected chi connectivity index (χ2v) is 7.75. The zero-order chi connectivity index (χ0) is 23.5. The van der Waals surface area contributed by atoms with Gasteiger partial charge >= 0.3 is 0 Å². The Morgan fingerprint density at radius 3 is 2.85 bits per heavy atom. The van der Waals surface area contributed by atoms with Gasteiger partial charge in [0.1, 0.15) is 28.9 Å². The number of hydrogen-bond acceptors (Lipinski definition) is 5. The molecule has 7 nitrogen and oxygen atoms in total. The van der Waals surface area contributed by atoms with Crippen LogP contribution in [-0.2, 0) is 13.5 Å². The molecule has 0 bridgehead atoms. The summed E-state index contributed by atoms with van der Waals surface area (Å²) in [6.45, 7) is 0. The molecular formula is C24H23F2N5O2. The third-order valence-electron chi connectivity index (χ3n) is 5.13. The van der Waals surface area contributed by atoms with Gasteiger partial charge in [0.2, 0.25) is 5.95 Å². The van der Waals surface area contributed by atoms with Gasteiger partial charge in [0, 0.05) is 46.2 Å². The van der Waals surface area contributed by atoms with Crippen molar-refractivity contribution in [3.05, 3.63) is 88.9 Å². The quantitative estimate of drug-likeness (QED) is 0.727. The normalized spacial score (nSPS) is 15.3. The maximum atomic E-state index is 14.3. The Bertz CT molecular complexity index is 1250. The summed E-state index contributed by atoms with van der Waals surface area (Å²) in [5, 5.41) is 2.92. The number of carbonyl (C=O) groups excluding carboxylic acids is 1. The molecule has 0 unspecified atom stereocenters. The van der Waals surface area contributed by atoms with Gasteiger partial charge in [-0.2, -0.15) is 0 Å². The number of hydrogen-bond donors (Lipinski definition) is 1. The average molecular weight is 451 g/mol. The first-order chi connectivity index (χ1) is 15.8. The number of carbonyl (C=O) groups is 1. The molecule has 2 aromatic rings. The van der Waals surface area contributed by atoms with Crippen molar-refractivity contribution in [1.29, 1.82) is 0 Å². The highest BCUT2D eigenvalue weighted by Gasteiger charge is 2.18. The summed E-state index contributed by atoms with van der Waals surface area (Å²) in [5.41, 5.74) is 1.98. The van der Waals surface area contributed by atoms with E-state index in [1.165, 1.54) is 29.3 Å². The van der Waals surface area contributed by atoms with Gasteiger partial charge in [-0.15, -0.1) is 0 Å². The number of pyridine rings is 1. The van der Waals surface area contributed by atoms with Crippen LogP contribution in [0.4, 0.5) is 14.7 Å². The lowest BCUT2D eigenvalue weighted by atomic mass is 10.2. The van der Waals surface area contributed by atoms with E-state index in [1.54, 1.807) is 43.9 Å². The van der Waals surface area contributed by atoms with Crippen LogP contribution in [0.2, 0.25) is 0 Å². The van der Waals surface area contributed by atoms with Gasteiger partial charge in [-0.1, -0.05) is 6.08 Å². The van der Waals surface area contributed by atoms with Crippen LogP contribution in [0.1, 0.15) is 28.3 Å². The number of anilines is 1. The van der Waals surface area contributed by atoms with Gasteiger partial charge in [0.25, 0.3) is 5.91 Å². The Hall–Kier alpha value is -4.01. The Morgan fingerprint density at radius 2 is 2.06 bits per heavy atom. The largest absolute Gasteiger partial charge is 0.458 e. The molecule has 0 aromatic carbocycles. The van der Waals surface area contributed by atoms with E-state index < -0.39 is 11.7 Å². The third kappa shape index (κ3) is 4.92. The number of amides is 1. The predicted molar refractivity (Wildman–Crippen MR) is 122 cm³/mol. The second-order valence-electron chi connectivity index (χ2n) is 7.75. The van der Waals surface area contributed by atoms with Crippen LogP contribution in [-0.4, -0.2) is 39.4 Å². The van der Waals surface area contributed by atoms with Crippen molar-refractivity contribution in [3.8, 4) is 5.75 Å². The van der Waals surface area contributed by atoms with Crippen LogP contribution in [0.15, 0.2) is 71.8 Å². The molecule has 9 heteroatoms. The molecule has 4 rings (SSSR count). The summed E-state index contributed by atoms with van der Waals surface area (Å²) in [4.78, 5) is 22.2. The van der Waals surface area contributed by atoms with Crippen LogP contribution < -0.4 is 10.1 Å². The first-order valence-electron chi connectivity index (χ1n) is 10.3. The smallest absolute Gasteiger partial charge is 0.272 e. The molecule has 0 aliphatic heterocycles. The van der Waals surface area contributed by atoms with E-state index >= 15 is 0 Å². The minimum absolute atomic E-state index is 0.116. The standard InChI is InChI=1S/C24H23F2N5O2/c1-30(2)23(32)21-14-17(11-12-27-21)33-16-7-9-19-22(10-8-16)31(3)24(28-19)29-20-13-15(25)5-4-6-18(20)26/h4-8,10-12,14H,9,13H2,1-3H3,(H,28,29). The Balaban J connectivity index is 1.51. The van der Waals surface area contributed by atoms with Crippen molar-refractivity contribution in [2.75, 3.05) is 19.4 Å². The van der Waals surface area contributed by atoms with Gasteiger partial charge in [-0.3, -0.25) is 9.78 Å². The van der Waals surface area contributed by atoms with Crippen molar-refractivity contribution in [2.24, 2.45) is 7.05 Å². The molecule has 0 saturated carbocycles. The highest BCUT2D eigenvalue weighted by molar-refractivity contribution is 5.92. The number of nitrogens with one attached hydrogen (secondary N) is 1. The van der Waals surface area contributed by atoms with E-state index in [9.17, 15) is 13.6 Å². The molecule has 0 spiro atoms. The summed E-state index contributed by atoms with van der Waals surface area (Å²) in [7, 11) is 5.11. The number of allylic oxidation sites excluding steroid dienone is 7. The van der Waals surface area contributed by atoms with E-state index in [0.29, 0.717) is 23.9 Å². The predicted octanol–water partition coefficient (Wildman–Crippen LogP) is 4.46. The van der Waals surface area contributed by atoms with Gasteiger partial charge in [0.15, 0.2) is 0 Å². The van der Waals surface area contributed by atoms with Crippen LogP contribution in [0, 0.1) is 0 Å². The molecule has 0 radical (unpaired) electrons. The zero-order valence-corrected chi connectivity index (χ0v) is 18.5. The third-order valence-corrected chi connectivity index (χ3v) is 5.13. The van der Waals surface area contributed by atoms with Gasteiger partial charge < -0.3 is 19.5 Å². The van der Waals surface area contributed by atoms with Gasteiger partial charge in [-0.05, 0) is 36.4 Å². The Morgan fingerprint density at radius 1 is 1.24 bits per heavy atom. The first kappa shape index (κ1) is 22.2. The lowest BCUT2D eigenvalue weighted by molar-refractivity contribution is 0.0821. The molecule has 0 atom stereocenters. The molecule has 0 fully saturated rings. The van der Waals surface area contributed by atoms with Crippen LogP contribution in [0.25, 0.3) is 6.08 Å². The number of ether oxygens (including phenoxy) is 1. The van der Waals surface area contributed by atoms with Crippen molar-refractivity contribution in [1.82, 2.24) is 19.4 Å². The summed E-state index contributed by atoms with van der Waals surface area (Å²) in [5.74, 6) is 0.310. The Labute approximate surface area is 190 Å². The minimum Gasteiger partial charge on any atom is -0.458 e. The molecule has 170 valence electrons. The fourth-order valence-corrected chi connectivity index (χ4v) is 3.39. The van der Waals surface area contributed by atoms with E-state index in [0.717, 1.165) is 11.4 Å². The topological polar surface area (TPSA) is 72.3 Å². The Kier molecular flexibility index (Phi) is 6.21. The molecule has 33 heavy (non-hydrogen) atoms. The van der Waals surface area contributed by atoms with Crippen LogP contribution >= 0.6 is 0 Å². The maximum absolute atomic E-state index is 14.3. The number of imidazole rings is 1. The van der Waals surface area contributed by atoms with E-state index in [-0.39, 0.29) is 23.7 Å². The maximum Gasteiger partial charge on any atom is 0.272 e. The highest BCUT2D eigenvalue weighted by atomic mass is 19.1. The first-order valence-corrected chi connectivity index (χ1v) is 10.3. The SMILES string of the molecule is CN(C)C(=O)c1cc(OC2=CCc3nc(NC4=C(F)C=CC=C(F)C4)n(C)c3C=C2)ccn1. The lowest BCUT2D eigenvalue weighted by Gasteiger charge is -2.11.